The molecule has 0 amide bonds. The maximum absolute atomic E-state index is 5.61. The molecular weight excluding hydrogens is 240 g/mol. The van der Waals surface area contributed by atoms with Gasteiger partial charge in [-0.3, -0.25) is 4.98 Å². The Bertz CT molecular complexity index is 664. The quantitative estimate of drug-likeness (QED) is 0.719. The molecule has 0 unspecified atom stereocenters. The predicted molar refractivity (Wildman–Crippen MR) is 70.4 cm³/mol. The highest BCUT2D eigenvalue weighted by Gasteiger charge is 2.09. The van der Waals surface area contributed by atoms with Crippen LogP contribution in [0.15, 0.2) is 55.1 Å². The van der Waals surface area contributed by atoms with E-state index in [0.29, 0.717) is 11.8 Å². The van der Waals surface area contributed by atoms with Gasteiger partial charge in [-0.1, -0.05) is 18.2 Å². The zero-order valence-corrected chi connectivity index (χ0v) is 10.4. The summed E-state index contributed by atoms with van der Waals surface area (Å²) in [6.07, 6.45) is 6.66. The maximum atomic E-state index is 5.61. The van der Waals surface area contributed by atoms with E-state index in [0.717, 1.165) is 11.3 Å². The molecule has 5 nitrogen and oxygen atoms in total. The van der Waals surface area contributed by atoms with Gasteiger partial charge in [-0.15, -0.1) is 5.10 Å². The van der Waals surface area contributed by atoms with Gasteiger partial charge in [-0.05, 0) is 19.1 Å². The van der Waals surface area contributed by atoms with Gasteiger partial charge in [0.15, 0.2) is 0 Å². The van der Waals surface area contributed by atoms with Crippen LogP contribution < -0.4 is 4.74 Å². The van der Waals surface area contributed by atoms with Crippen molar-refractivity contribution < 1.29 is 4.74 Å². The number of benzene rings is 1. The Morgan fingerprint density at radius 1 is 1.11 bits per heavy atom. The number of para-hydroxylation sites is 1. The van der Waals surface area contributed by atoms with Crippen molar-refractivity contribution in [2.45, 2.75) is 6.92 Å². The highest BCUT2D eigenvalue weighted by Crippen LogP contribution is 2.22. The van der Waals surface area contributed by atoms with Crippen LogP contribution in [0, 0.1) is 6.92 Å². The minimum absolute atomic E-state index is 0.434. The minimum atomic E-state index is 0.434. The van der Waals surface area contributed by atoms with E-state index >= 15 is 0 Å². The fraction of sp³-hybridized carbons (Fsp3) is 0.0714. The first kappa shape index (κ1) is 11.4. The van der Waals surface area contributed by atoms with Crippen molar-refractivity contribution in [3.63, 3.8) is 0 Å². The lowest BCUT2D eigenvalue weighted by Gasteiger charge is -2.01. The summed E-state index contributed by atoms with van der Waals surface area (Å²) in [5.41, 5.74) is 1.93. The summed E-state index contributed by atoms with van der Waals surface area (Å²) in [7, 11) is 0. The molecule has 1 aromatic carbocycles. The van der Waals surface area contributed by atoms with Crippen molar-refractivity contribution in [1.82, 2.24) is 19.7 Å². The van der Waals surface area contributed by atoms with Gasteiger partial charge in [-0.25, -0.2) is 9.67 Å². The Balaban J connectivity index is 1.90. The van der Waals surface area contributed by atoms with Gasteiger partial charge in [0.1, 0.15) is 0 Å². The molecular formula is C14H12N4O. The Morgan fingerprint density at radius 3 is 2.68 bits per heavy atom. The van der Waals surface area contributed by atoms with Crippen LogP contribution in [0.25, 0.3) is 5.69 Å². The molecule has 3 aromatic rings. The number of aromatic nitrogens is 4. The molecule has 0 fully saturated rings. The Morgan fingerprint density at radius 2 is 1.95 bits per heavy atom. The fourth-order valence-electron chi connectivity index (χ4n) is 1.70. The molecule has 0 aliphatic rings. The molecule has 0 radical (unpaired) electrons. The summed E-state index contributed by atoms with van der Waals surface area (Å²) in [6.45, 7) is 1.94. The second kappa shape index (κ2) is 4.89. The molecule has 0 aliphatic carbocycles. The van der Waals surface area contributed by atoms with Crippen molar-refractivity contribution in [2.75, 3.05) is 0 Å². The average molecular weight is 252 g/mol. The monoisotopic (exact) mass is 252 g/mol. The van der Waals surface area contributed by atoms with Crippen LogP contribution in [0.3, 0.4) is 0 Å². The van der Waals surface area contributed by atoms with E-state index in [9.17, 15) is 0 Å². The van der Waals surface area contributed by atoms with Crippen molar-refractivity contribution >= 4 is 0 Å². The van der Waals surface area contributed by atoms with Crippen molar-refractivity contribution in [3.05, 3.63) is 60.7 Å². The van der Waals surface area contributed by atoms with E-state index in [2.05, 4.69) is 15.1 Å². The van der Waals surface area contributed by atoms with Crippen LogP contribution in [-0.2, 0) is 0 Å². The van der Waals surface area contributed by atoms with Crippen LogP contribution in [0.5, 0.6) is 11.8 Å². The second-order valence-corrected chi connectivity index (χ2v) is 4.04. The maximum Gasteiger partial charge on any atom is 0.243 e. The van der Waals surface area contributed by atoms with E-state index in [4.69, 9.17) is 4.74 Å². The van der Waals surface area contributed by atoms with E-state index in [1.165, 1.54) is 0 Å². The smallest absolute Gasteiger partial charge is 0.243 e. The van der Waals surface area contributed by atoms with Crippen LogP contribution in [0.2, 0.25) is 0 Å². The lowest BCUT2D eigenvalue weighted by atomic mass is 10.3. The van der Waals surface area contributed by atoms with E-state index < -0.39 is 0 Å². The standard InChI is InChI=1S/C14H12N4O/c1-11-10-18(12-5-3-2-4-6-12)17-14(11)19-13-9-15-7-8-16-13/h2-10H,1H3. The van der Waals surface area contributed by atoms with Crippen molar-refractivity contribution in [3.8, 4) is 17.4 Å². The zero-order valence-electron chi connectivity index (χ0n) is 10.4. The third-order valence-electron chi connectivity index (χ3n) is 2.61. The Hall–Kier alpha value is -2.69. The predicted octanol–water partition coefficient (Wildman–Crippen LogP) is 2.76. The van der Waals surface area contributed by atoms with Gasteiger partial charge >= 0.3 is 0 Å². The first-order valence-corrected chi connectivity index (χ1v) is 5.88. The van der Waals surface area contributed by atoms with Gasteiger partial charge in [0, 0.05) is 24.2 Å². The lowest BCUT2D eigenvalue weighted by Crippen LogP contribution is -1.95. The van der Waals surface area contributed by atoms with E-state index in [-0.39, 0.29) is 0 Å². The molecule has 0 atom stereocenters. The first-order chi connectivity index (χ1) is 9.33. The van der Waals surface area contributed by atoms with Crippen LogP contribution >= 0.6 is 0 Å². The number of ether oxygens (including phenoxy) is 1. The summed E-state index contributed by atoms with van der Waals surface area (Å²) in [5.74, 6) is 0.966. The highest BCUT2D eigenvalue weighted by atomic mass is 16.5. The largest absolute Gasteiger partial charge is 0.417 e. The lowest BCUT2D eigenvalue weighted by molar-refractivity contribution is 0.435. The molecule has 0 saturated heterocycles. The molecule has 2 aromatic heterocycles. The number of rotatable bonds is 3. The van der Waals surface area contributed by atoms with Crippen LogP contribution in [-0.4, -0.2) is 19.7 Å². The van der Waals surface area contributed by atoms with E-state index in [1.54, 1.807) is 23.3 Å². The summed E-state index contributed by atoms with van der Waals surface area (Å²) < 4.78 is 7.38. The Labute approximate surface area is 110 Å². The normalized spacial score (nSPS) is 10.4. The minimum Gasteiger partial charge on any atom is -0.417 e. The fourth-order valence-corrected chi connectivity index (χ4v) is 1.70. The van der Waals surface area contributed by atoms with Gasteiger partial charge in [0.2, 0.25) is 11.8 Å². The molecule has 2 heterocycles. The molecule has 0 bridgehead atoms. The highest BCUT2D eigenvalue weighted by molar-refractivity contribution is 5.34. The zero-order chi connectivity index (χ0) is 13.1. The summed E-state index contributed by atoms with van der Waals surface area (Å²) in [4.78, 5) is 8.02. The second-order valence-electron chi connectivity index (χ2n) is 4.04. The van der Waals surface area contributed by atoms with Crippen LogP contribution in [0.4, 0.5) is 0 Å². The molecule has 0 N–H and O–H groups in total. The van der Waals surface area contributed by atoms with Crippen LogP contribution in [0.1, 0.15) is 5.56 Å². The molecule has 5 heteroatoms. The third-order valence-corrected chi connectivity index (χ3v) is 2.61. The SMILES string of the molecule is Cc1cn(-c2ccccc2)nc1Oc1cnccn1. The van der Waals surface area contributed by atoms with Gasteiger partial charge < -0.3 is 4.74 Å². The summed E-state index contributed by atoms with van der Waals surface area (Å²) in [6, 6.07) is 9.87. The molecule has 3 rings (SSSR count). The first-order valence-electron chi connectivity index (χ1n) is 5.88. The topological polar surface area (TPSA) is 52.8 Å². The van der Waals surface area contributed by atoms with Crippen molar-refractivity contribution in [2.24, 2.45) is 0 Å². The summed E-state index contributed by atoms with van der Waals surface area (Å²) in [5, 5.41) is 4.40. The third kappa shape index (κ3) is 2.44. The molecule has 0 spiro atoms. The van der Waals surface area contributed by atoms with Gasteiger partial charge in [0.05, 0.1) is 11.9 Å². The number of hydrogen-bond donors (Lipinski definition) is 0. The molecule has 0 aliphatic heterocycles. The number of hydrogen-bond acceptors (Lipinski definition) is 4. The van der Waals surface area contributed by atoms with E-state index in [1.807, 2.05) is 43.5 Å². The van der Waals surface area contributed by atoms with Gasteiger partial charge in [-0.2, -0.15) is 0 Å². The average Bonchev–Trinajstić information content (AvgIpc) is 2.82. The molecule has 94 valence electrons. The Kier molecular flexibility index (Phi) is 2.94. The molecule has 19 heavy (non-hydrogen) atoms. The summed E-state index contributed by atoms with van der Waals surface area (Å²) >= 11 is 0. The van der Waals surface area contributed by atoms with Gasteiger partial charge in [0.25, 0.3) is 0 Å². The molecule has 0 saturated carbocycles. The number of nitrogens with zero attached hydrogens (tertiary/aromatic N) is 4. The number of aryl methyl sites for hydroxylation is 1. The van der Waals surface area contributed by atoms with Crippen molar-refractivity contribution in [1.29, 1.82) is 0 Å².